The molecular formula is C11H10BrNO2. The SMILES string of the molecule is COc1cc2ccnc(OC)c2cc1Br. The summed E-state index contributed by atoms with van der Waals surface area (Å²) in [5, 5.41) is 2.01. The Morgan fingerprint density at radius 2 is 2.00 bits per heavy atom. The van der Waals surface area contributed by atoms with E-state index in [0.717, 1.165) is 21.0 Å². The van der Waals surface area contributed by atoms with Crippen molar-refractivity contribution < 1.29 is 9.47 Å². The van der Waals surface area contributed by atoms with E-state index < -0.39 is 0 Å². The van der Waals surface area contributed by atoms with Crippen molar-refractivity contribution in [1.29, 1.82) is 0 Å². The Morgan fingerprint density at radius 1 is 1.20 bits per heavy atom. The Bertz CT molecular complexity index is 499. The Balaban J connectivity index is 2.74. The fourth-order valence-corrected chi connectivity index (χ4v) is 1.97. The summed E-state index contributed by atoms with van der Waals surface area (Å²) in [6.45, 7) is 0. The van der Waals surface area contributed by atoms with Crippen LogP contribution in [0.5, 0.6) is 11.6 Å². The van der Waals surface area contributed by atoms with Crippen LogP contribution in [0.1, 0.15) is 0 Å². The summed E-state index contributed by atoms with van der Waals surface area (Å²) in [5.41, 5.74) is 0. The fraction of sp³-hybridized carbons (Fsp3) is 0.182. The molecule has 2 rings (SSSR count). The molecule has 0 spiro atoms. The van der Waals surface area contributed by atoms with Crippen LogP contribution in [-0.2, 0) is 0 Å². The third-order valence-electron chi connectivity index (χ3n) is 2.19. The smallest absolute Gasteiger partial charge is 0.221 e. The molecule has 4 heteroatoms. The monoisotopic (exact) mass is 267 g/mol. The van der Waals surface area contributed by atoms with Gasteiger partial charge in [-0.1, -0.05) is 0 Å². The fourth-order valence-electron chi connectivity index (χ4n) is 1.47. The van der Waals surface area contributed by atoms with Crippen LogP contribution in [0, 0.1) is 0 Å². The average Bonchev–Trinajstić information content (AvgIpc) is 2.27. The van der Waals surface area contributed by atoms with Gasteiger partial charge in [0.15, 0.2) is 0 Å². The second-order valence-corrected chi connectivity index (χ2v) is 3.88. The van der Waals surface area contributed by atoms with Crippen molar-refractivity contribution in [3.05, 3.63) is 28.9 Å². The maximum absolute atomic E-state index is 5.22. The van der Waals surface area contributed by atoms with Gasteiger partial charge in [-0.2, -0.15) is 0 Å². The van der Waals surface area contributed by atoms with E-state index >= 15 is 0 Å². The maximum atomic E-state index is 5.22. The molecule has 0 aliphatic heterocycles. The number of hydrogen-bond acceptors (Lipinski definition) is 3. The molecule has 0 radical (unpaired) electrons. The standard InChI is InChI=1S/C11H10BrNO2/c1-14-10-5-7-3-4-13-11(15-2)8(7)6-9(10)12/h3-6H,1-2H3. The van der Waals surface area contributed by atoms with Crippen LogP contribution < -0.4 is 9.47 Å². The number of ether oxygens (including phenoxy) is 2. The number of benzene rings is 1. The van der Waals surface area contributed by atoms with Gasteiger partial charge in [-0.3, -0.25) is 0 Å². The van der Waals surface area contributed by atoms with Crippen LogP contribution in [0.2, 0.25) is 0 Å². The lowest BCUT2D eigenvalue weighted by Crippen LogP contribution is -1.90. The molecule has 0 fully saturated rings. The van der Waals surface area contributed by atoms with E-state index in [1.807, 2.05) is 18.2 Å². The number of aromatic nitrogens is 1. The zero-order valence-corrected chi connectivity index (χ0v) is 10.0. The number of rotatable bonds is 2. The molecular weight excluding hydrogens is 258 g/mol. The van der Waals surface area contributed by atoms with Gasteiger partial charge in [0.2, 0.25) is 5.88 Å². The maximum Gasteiger partial charge on any atom is 0.221 e. The molecule has 15 heavy (non-hydrogen) atoms. The minimum atomic E-state index is 0.621. The van der Waals surface area contributed by atoms with Gasteiger partial charge in [0.25, 0.3) is 0 Å². The highest BCUT2D eigenvalue weighted by Gasteiger charge is 2.07. The quantitative estimate of drug-likeness (QED) is 0.838. The van der Waals surface area contributed by atoms with E-state index in [2.05, 4.69) is 20.9 Å². The van der Waals surface area contributed by atoms with E-state index in [0.29, 0.717) is 5.88 Å². The van der Waals surface area contributed by atoms with Gasteiger partial charge < -0.3 is 9.47 Å². The van der Waals surface area contributed by atoms with Crippen LogP contribution >= 0.6 is 15.9 Å². The second kappa shape index (κ2) is 4.06. The largest absolute Gasteiger partial charge is 0.496 e. The number of nitrogens with zero attached hydrogens (tertiary/aromatic N) is 1. The number of halogens is 1. The molecule has 0 bridgehead atoms. The van der Waals surface area contributed by atoms with Crippen LogP contribution in [0.3, 0.4) is 0 Å². The summed E-state index contributed by atoms with van der Waals surface area (Å²) in [7, 11) is 3.25. The third-order valence-corrected chi connectivity index (χ3v) is 2.81. The zero-order chi connectivity index (χ0) is 10.8. The van der Waals surface area contributed by atoms with E-state index in [1.54, 1.807) is 20.4 Å². The van der Waals surface area contributed by atoms with Crippen molar-refractivity contribution in [3.8, 4) is 11.6 Å². The van der Waals surface area contributed by atoms with Gasteiger partial charge in [-0.25, -0.2) is 4.98 Å². The molecule has 0 saturated heterocycles. The minimum Gasteiger partial charge on any atom is -0.496 e. The summed E-state index contributed by atoms with van der Waals surface area (Å²) in [4.78, 5) is 4.14. The lowest BCUT2D eigenvalue weighted by atomic mass is 10.1. The Labute approximate surface area is 96.2 Å². The first-order chi connectivity index (χ1) is 7.26. The third kappa shape index (κ3) is 1.77. The Kier molecular flexibility index (Phi) is 2.77. The van der Waals surface area contributed by atoms with Crippen molar-refractivity contribution in [2.45, 2.75) is 0 Å². The second-order valence-electron chi connectivity index (χ2n) is 3.03. The van der Waals surface area contributed by atoms with Crippen LogP contribution in [0.15, 0.2) is 28.9 Å². The number of pyridine rings is 1. The molecule has 2 aromatic rings. The molecule has 0 N–H and O–H groups in total. The highest BCUT2D eigenvalue weighted by atomic mass is 79.9. The van der Waals surface area contributed by atoms with Gasteiger partial charge in [-0.05, 0) is 39.5 Å². The van der Waals surface area contributed by atoms with Gasteiger partial charge in [-0.15, -0.1) is 0 Å². The normalized spacial score (nSPS) is 10.3. The van der Waals surface area contributed by atoms with E-state index in [9.17, 15) is 0 Å². The first-order valence-corrected chi connectivity index (χ1v) is 5.22. The number of fused-ring (bicyclic) bond motifs is 1. The molecule has 78 valence electrons. The molecule has 1 aromatic carbocycles. The predicted molar refractivity (Wildman–Crippen MR) is 62.5 cm³/mol. The minimum absolute atomic E-state index is 0.621. The van der Waals surface area contributed by atoms with E-state index in [1.165, 1.54) is 0 Å². The van der Waals surface area contributed by atoms with Crippen molar-refractivity contribution in [3.63, 3.8) is 0 Å². The summed E-state index contributed by atoms with van der Waals surface area (Å²) in [6.07, 6.45) is 1.72. The predicted octanol–water partition coefficient (Wildman–Crippen LogP) is 3.01. The lowest BCUT2D eigenvalue weighted by molar-refractivity contribution is 0.402. The lowest BCUT2D eigenvalue weighted by Gasteiger charge is -2.07. The molecule has 0 aliphatic rings. The van der Waals surface area contributed by atoms with Crippen molar-refractivity contribution in [2.75, 3.05) is 14.2 Å². The van der Waals surface area contributed by atoms with Gasteiger partial charge in [0.1, 0.15) is 5.75 Å². The Hall–Kier alpha value is -1.29. The topological polar surface area (TPSA) is 31.4 Å². The molecule has 0 saturated carbocycles. The first-order valence-electron chi connectivity index (χ1n) is 4.42. The van der Waals surface area contributed by atoms with Crippen molar-refractivity contribution in [2.24, 2.45) is 0 Å². The van der Waals surface area contributed by atoms with Gasteiger partial charge >= 0.3 is 0 Å². The molecule has 0 unspecified atom stereocenters. The van der Waals surface area contributed by atoms with Crippen molar-refractivity contribution in [1.82, 2.24) is 4.98 Å². The van der Waals surface area contributed by atoms with Gasteiger partial charge in [0.05, 0.1) is 18.7 Å². The Morgan fingerprint density at radius 3 is 2.67 bits per heavy atom. The van der Waals surface area contributed by atoms with E-state index in [4.69, 9.17) is 9.47 Å². The number of methoxy groups -OCH3 is 2. The molecule has 0 aliphatic carbocycles. The summed E-state index contributed by atoms with van der Waals surface area (Å²) in [6, 6.07) is 5.82. The van der Waals surface area contributed by atoms with Gasteiger partial charge in [0, 0.05) is 11.6 Å². The highest BCUT2D eigenvalue weighted by molar-refractivity contribution is 9.10. The molecule has 3 nitrogen and oxygen atoms in total. The van der Waals surface area contributed by atoms with Crippen LogP contribution in [0.4, 0.5) is 0 Å². The first kappa shape index (κ1) is 10.2. The van der Waals surface area contributed by atoms with Crippen LogP contribution in [-0.4, -0.2) is 19.2 Å². The molecule has 0 amide bonds. The summed E-state index contributed by atoms with van der Waals surface area (Å²) in [5.74, 6) is 1.42. The highest BCUT2D eigenvalue weighted by Crippen LogP contribution is 2.33. The zero-order valence-electron chi connectivity index (χ0n) is 8.45. The molecule has 1 heterocycles. The van der Waals surface area contributed by atoms with Crippen molar-refractivity contribution >= 4 is 26.7 Å². The number of hydrogen-bond donors (Lipinski definition) is 0. The van der Waals surface area contributed by atoms with Crippen LogP contribution in [0.25, 0.3) is 10.8 Å². The van der Waals surface area contributed by atoms with E-state index in [-0.39, 0.29) is 0 Å². The molecule has 0 atom stereocenters. The summed E-state index contributed by atoms with van der Waals surface area (Å²) < 4.78 is 11.3. The summed E-state index contributed by atoms with van der Waals surface area (Å²) >= 11 is 3.43. The average molecular weight is 268 g/mol. The molecule has 1 aromatic heterocycles.